The van der Waals surface area contributed by atoms with Crippen molar-refractivity contribution in [1.29, 1.82) is 0 Å². The molecule has 0 aliphatic carbocycles. The Morgan fingerprint density at radius 1 is 1.42 bits per heavy atom. The van der Waals surface area contributed by atoms with Crippen LogP contribution in [0, 0.1) is 13.8 Å². The van der Waals surface area contributed by atoms with E-state index in [4.69, 9.17) is 10.5 Å². The van der Waals surface area contributed by atoms with E-state index in [2.05, 4.69) is 43.9 Å². The molecular weight excluding hydrogens is 236 g/mol. The minimum absolute atomic E-state index is 0.0937. The quantitative estimate of drug-likeness (QED) is 0.905. The van der Waals surface area contributed by atoms with Crippen molar-refractivity contribution in [3.8, 4) is 0 Å². The lowest BCUT2D eigenvalue weighted by atomic mass is 9.99. The van der Waals surface area contributed by atoms with Gasteiger partial charge < -0.3 is 10.5 Å². The van der Waals surface area contributed by atoms with Crippen LogP contribution in [-0.4, -0.2) is 37.2 Å². The van der Waals surface area contributed by atoms with Gasteiger partial charge in [0, 0.05) is 25.7 Å². The maximum Gasteiger partial charge on any atom is 0.0700 e. The van der Waals surface area contributed by atoms with Crippen molar-refractivity contribution >= 4 is 0 Å². The average molecular weight is 262 g/mol. The number of hydrogen-bond acceptors (Lipinski definition) is 3. The molecule has 0 spiro atoms. The molecule has 0 bridgehead atoms. The molecule has 1 aliphatic heterocycles. The maximum absolute atomic E-state index is 6.38. The summed E-state index contributed by atoms with van der Waals surface area (Å²) < 4.78 is 5.70. The zero-order valence-corrected chi connectivity index (χ0v) is 12.4. The molecule has 106 valence electrons. The van der Waals surface area contributed by atoms with Crippen molar-refractivity contribution in [2.45, 2.75) is 39.3 Å². The van der Waals surface area contributed by atoms with Crippen molar-refractivity contribution < 1.29 is 4.74 Å². The lowest BCUT2D eigenvalue weighted by Gasteiger charge is -2.34. The third-order valence-electron chi connectivity index (χ3n) is 3.96. The van der Waals surface area contributed by atoms with Gasteiger partial charge in [-0.25, -0.2) is 0 Å². The fraction of sp³-hybridized carbons (Fsp3) is 0.625. The highest BCUT2D eigenvalue weighted by molar-refractivity contribution is 5.32. The molecule has 2 rings (SSSR count). The van der Waals surface area contributed by atoms with Gasteiger partial charge in [0.15, 0.2) is 0 Å². The lowest BCUT2D eigenvalue weighted by Crippen LogP contribution is -2.45. The molecule has 0 radical (unpaired) electrons. The standard InChI is InChI=1S/C16H26N2O/c1-4-14-10-18(7-8-19-14)11-16(17)15-6-5-12(2)9-13(15)3/h5-6,9,14,16H,4,7-8,10-11,17H2,1-3H3. The third kappa shape index (κ3) is 3.78. The Morgan fingerprint density at radius 2 is 2.21 bits per heavy atom. The number of morpholine rings is 1. The molecular formula is C16H26N2O. The van der Waals surface area contributed by atoms with Crippen molar-refractivity contribution in [3.63, 3.8) is 0 Å². The van der Waals surface area contributed by atoms with E-state index in [1.54, 1.807) is 0 Å². The van der Waals surface area contributed by atoms with E-state index in [0.29, 0.717) is 6.10 Å². The number of rotatable bonds is 4. The summed E-state index contributed by atoms with van der Waals surface area (Å²) in [4.78, 5) is 2.43. The summed E-state index contributed by atoms with van der Waals surface area (Å²) in [5.74, 6) is 0. The Morgan fingerprint density at radius 3 is 2.89 bits per heavy atom. The zero-order chi connectivity index (χ0) is 13.8. The second kappa shape index (κ2) is 6.51. The monoisotopic (exact) mass is 262 g/mol. The van der Waals surface area contributed by atoms with Crippen LogP contribution in [0.3, 0.4) is 0 Å². The highest BCUT2D eigenvalue weighted by Gasteiger charge is 2.21. The van der Waals surface area contributed by atoms with E-state index in [1.807, 2.05) is 0 Å². The molecule has 3 nitrogen and oxygen atoms in total. The first-order valence-electron chi connectivity index (χ1n) is 7.26. The predicted octanol–water partition coefficient (Wildman–Crippen LogP) is 2.41. The Kier molecular flexibility index (Phi) is 4.97. The number of nitrogens with two attached hydrogens (primary N) is 1. The molecule has 1 fully saturated rings. The second-order valence-corrected chi connectivity index (χ2v) is 5.63. The number of ether oxygens (including phenoxy) is 1. The van der Waals surface area contributed by atoms with E-state index in [0.717, 1.165) is 32.7 Å². The molecule has 2 N–H and O–H groups in total. The van der Waals surface area contributed by atoms with E-state index >= 15 is 0 Å². The van der Waals surface area contributed by atoms with Crippen LogP contribution in [0.15, 0.2) is 18.2 Å². The van der Waals surface area contributed by atoms with Crippen LogP contribution in [-0.2, 0) is 4.74 Å². The molecule has 0 aromatic heterocycles. The van der Waals surface area contributed by atoms with Crippen LogP contribution in [0.5, 0.6) is 0 Å². The normalized spacial score (nSPS) is 22.4. The molecule has 0 saturated carbocycles. The van der Waals surface area contributed by atoms with Crippen LogP contribution in [0.4, 0.5) is 0 Å². The van der Waals surface area contributed by atoms with Gasteiger partial charge >= 0.3 is 0 Å². The second-order valence-electron chi connectivity index (χ2n) is 5.63. The summed E-state index contributed by atoms with van der Waals surface area (Å²) in [6.45, 7) is 10.2. The number of nitrogens with zero attached hydrogens (tertiary/aromatic N) is 1. The Labute approximate surface area is 116 Å². The Bertz CT molecular complexity index is 419. The molecule has 1 aromatic rings. The van der Waals surface area contributed by atoms with Crippen LogP contribution >= 0.6 is 0 Å². The van der Waals surface area contributed by atoms with Gasteiger partial charge in [-0.2, -0.15) is 0 Å². The van der Waals surface area contributed by atoms with Crippen molar-refractivity contribution in [2.24, 2.45) is 5.73 Å². The summed E-state index contributed by atoms with van der Waals surface area (Å²) in [7, 11) is 0. The van der Waals surface area contributed by atoms with E-state index in [1.165, 1.54) is 16.7 Å². The van der Waals surface area contributed by atoms with Gasteiger partial charge in [-0.05, 0) is 31.4 Å². The van der Waals surface area contributed by atoms with Gasteiger partial charge in [0.05, 0.1) is 12.7 Å². The summed E-state index contributed by atoms with van der Waals surface area (Å²) in [5, 5.41) is 0. The van der Waals surface area contributed by atoms with Crippen molar-refractivity contribution in [2.75, 3.05) is 26.2 Å². The largest absolute Gasteiger partial charge is 0.376 e. The summed E-state index contributed by atoms with van der Waals surface area (Å²) >= 11 is 0. The zero-order valence-electron chi connectivity index (χ0n) is 12.4. The van der Waals surface area contributed by atoms with Crippen LogP contribution in [0.1, 0.15) is 36.1 Å². The molecule has 1 aliphatic rings. The smallest absolute Gasteiger partial charge is 0.0700 e. The number of benzene rings is 1. The van der Waals surface area contributed by atoms with E-state index in [9.17, 15) is 0 Å². The SMILES string of the molecule is CCC1CN(CC(N)c2ccc(C)cc2C)CCO1. The molecule has 1 heterocycles. The average Bonchev–Trinajstić information content (AvgIpc) is 2.38. The first kappa shape index (κ1) is 14.5. The molecule has 19 heavy (non-hydrogen) atoms. The third-order valence-corrected chi connectivity index (χ3v) is 3.96. The summed E-state index contributed by atoms with van der Waals surface area (Å²) in [6.07, 6.45) is 1.45. The first-order valence-corrected chi connectivity index (χ1v) is 7.26. The Balaban J connectivity index is 1.98. The van der Waals surface area contributed by atoms with E-state index in [-0.39, 0.29) is 6.04 Å². The topological polar surface area (TPSA) is 38.5 Å². The first-order chi connectivity index (χ1) is 9.10. The van der Waals surface area contributed by atoms with Crippen LogP contribution in [0.2, 0.25) is 0 Å². The predicted molar refractivity (Wildman–Crippen MR) is 79.3 cm³/mol. The fourth-order valence-electron chi connectivity index (χ4n) is 2.81. The molecule has 3 heteroatoms. The van der Waals surface area contributed by atoms with Gasteiger partial charge in [0.1, 0.15) is 0 Å². The maximum atomic E-state index is 6.38. The lowest BCUT2D eigenvalue weighted by molar-refractivity contribution is -0.0312. The van der Waals surface area contributed by atoms with Crippen LogP contribution < -0.4 is 5.73 Å². The van der Waals surface area contributed by atoms with Gasteiger partial charge in [-0.1, -0.05) is 30.7 Å². The van der Waals surface area contributed by atoms with Crippen LogP contribution in [0.25, 0.3) is 0 Å². The van der Waals surface area contributed by atoms with Crippen molar-refractivity contribution in [3.05, 3.63) is 34.9 Å². The molecule has 1 aromatic carbocycles. The molecule has 0 amide bonds. The number of hydrogen-bond donors (Lipinski definition) is 1. The van der Waals surface area contributed by atoms with E-state index < -0.39 is 0 Å². The molecule has 1 saturated heterocycles. The van der Waals surface area contributed by atoms with Gasteiger partial charge in [-0.15, -0.1) is 0 Å². The highest BCUT2D eigenvalue weighted by Crippen LogP contribution is 2.19. The molecule has 2 unspecified atom stereocenters. The summed E-state index contributed by atoms with van der Waals surface area (Å²) in [6, 6.07) is 6.63. The molecule has 2 atom stereocenters. The highest BCUT2D eigenvalue weighted by atomic mass is 16.5. The minimum Gasteiger partial charge on any atom is -0.376 e. The fourth-order valence-corrected chi connectivity index (χ4v) is 2.81. The van der Waals surface area contributed by atoms with Gasteiger partial charge in [0.25, 0.3) is 0 Å². The van der Waals surface area contributed by atoms with Crippen molar-refractivity contribution in [1.82, 2.24) is 4.90 Å². The van der Waals surface area contributed by atoms with Gasteiger partial charge in [-0.3, -0.25) is 4.90 Å². The summed E-state index contributed by atoms with van der Waals surface area (Å²) in [5.41, 5.74) is 10.2. The number of aryl methyl sites for hydroxylation is 2. The Hall–Kier alpha value is -0.900. The van der Waals surface area contributed by atoms with Gasteiger partial charge in [0.2, 0.25) is 0 Å². The minimum atomic E-state index is 0.0937.